The molecule has 1 aliphatic rings. The molecule has 1 amide bonds. The third kappa shape index (κ3) is 4.13. The van der Waals surface area contributed by atoms with Gasteiger partial charge in [-0.3, -0.25) is 0 Å². The van der Waals surface area contributed by atoms with Gasteiger partial charge in [0, 0.05) is 13.1 Å². The number of hydrogen-bond acceptors (Lipinski definition) is 4. The fourth-order valence-corrected chi connectivity index (χ4v) is 3.01. The third-order valence-corrected chi connectivity index (χ3v) is 4.01. The number of nitrogens with zero attached hydrogens (tertiary/aromatic N) is 1. The van der Waals surface area contributed by atoms with E-state index in [9.17, 15) is 9.18 Å². The number of ether oxygens (including phenoxy) is 1. The Hall–Kier alpha value is -2.50. The Morgan fingerprint density at radius 1 is 1.32 bits per heavy atom. The van der Waals surface area contributed by atoms with Crippen LogP contribution in [0.2, 0.25) is 0 Å². The molecule has 1 aromatic carbocycles. The summed E-state index contributed by atoms with van der Waals surface area (Å²) in [7, 11) is 0. The topological polar surface area (TPSA) is 54.7 Å². The maximum atomic E-state index is 14.4. The smallest absolute Gasteiger partial charge is 0.407 e. The van der Waals surface area contributed by atoms with Gasteiger partial charge in [0.2, 0.25) is 0 Å². The van der Waals surface area contributed by atoms with Crippen LogP contribution in [-0.4, -0.2) is 30.8 Å². The summed E-state index contributed by atoms with van der Waals surface area (Å²) in [5.74, 6) is 0.174. The molecule has 1 atom stereocenters. The van der Waals surface area contributed by atoms with Crippen molar-refractivity contribution in [3.63, 3.8) is 0 Å². The molecule has 0 aliphatic carbocycles. The van der Waals surface area contributed by atoms with Crippen LogP contribution < -0.4 is 10.2 Å². The van der Waals surface area contributed by atoms with Gasteiger partial charge in [0.05, 0.1) is 23.6 Å². The van der Waals surface area contributed by atoms with Crippen molar-refractivity contribution in [2.24, 2.45) is 0 Å². The summed E-state index contributed by atoms with van der Waals surface area (Å²) in [5.41, 5.74) is 0.686. The SMILES string of the molecule is CC(C)(C)OC(=O)NC1CCN(c2cccc(F)c2-c2ccco2)C1. The largest absolute Gasteiger partial charge is 0.464 e. The van der Waals surface area contributed by atoms with Crippen LogP contribution in [0.15, 0.2) is 41.0 Å². The molecule has 1 unspecified atom stereocenters. The zero-order valence-corrected chi connectivity index (χ0v) is 14.7. The molecule has 2 heterocycles. The van der Waals surface area contributed by atoms with E-state index in [0.717, 1.165) is 18.7 Å². The lowest BCUT2D eigenvalue weighted by molar-refractivity contribution is 0.0509. The third-order valence-electron chi connectivity index (χ3n) is 4.01. The number of anilines is 1. The maximum absolute atomic E-state index is 14.4. The number of carbonyl (C=O) groups is 1. The molecule has 3 rings (SSSR count). The Morgan fingerprint density at radius 2 is 2.12 bits per heavy atom. The van der Waals surface area contributed by atoms with Crippen LogP contribution in [0, 0.1) is 5.82 Å². The summed E-state index contributed by atoms with van der Waals surface area (Å²) in [5, 5.41) is 2.88. The van der Waals surface area contributed by atoms with Gasteiger partial charge < -0.3 is 19.4 Å². The van der Waals surface area contributed by atoms with Gasteiger partial charge in [0.25, 0.3) is 0 Å². The second-order valence-corrected chi connectivity index (χ2v) is 7.19. The fraction of sp³-hybridized carbons (Fsp3) is 0.421. The maximum Gasteiger partial charge on any atom is 0.407 e. The van der Waals surface area contributed by atoms with Gasteiger partial charge in [-0.25, -0.2) is 9.18 Å². The first-order valence-corrected chi connectivity index (χ1v) is 8.40. The molecule has 0 bridgehead atoms. The highest BCUT2D eigenvalue weighted by molar-refractivity contribution is 5.76. The first kappa shape index (κ1) is 17.3. The lowest BCUT2D eigenvalue weighted by atomic mass is 10.1. The zero-order chi connectivity index (χ0) is 18.0. The molecule has 134 valence electrons. The van der Waals surface area contributed by atoms with E-state index in [0.29, 0.717) is 17.9 Å². The van der Waals surface area contributed by atoms with Crippen LogP contribution in [0.25, 0.3) is 11.3 Å². The van der Waals surface area contributed by atoms with Gasteiger partial charge in [-0.2, -0.15) is 0 Å². The second kappa shape index (κ2) is 6.78. The summed E-state index contributed by atoms with van der Waals surface area (Å²) in [6, 6.07) is 8.43. The van der Waals surface area contributed by atoms with E-state index >= 15 is 0 Å². The van der Waals surface area contributed by atoms with E-state index in [-0.39, 0.29) is 11.9 Å². The molecule has 0 spiro atoms. The average molecular weight is 346 g/mol. The van der Waals surface area contributed by atoms with Crippen molar-refractivity contribution in [1.29, 1.82) is 0 Å². The summed E-state index contributed by atoms with van der Waals surface area (Å²) in [6.45, 7) is 6.80. The predicted octanol–water partition coefficient (Wildman–Crippen LogP) is 4.19. The van der Waals surface area contributed by atoms with Crippen molar-refractivity contribution in [3.8, 4) is 11.3 Å². The van der Waals surface area contributed by atoms with Gasteiger partial charge in [0.15, 0.2) is 0 Å². The van der Waals surface area contributed by atoms with E-state index in [1.54, 1.807) is 18.2 Å². The second-order valence-electron chi connectivity index (χ2n) is 7.19. The van der Waals surface area contributed by atoms with Crippen molar-refractivity contribution in [1.82, 2.24) is 5.32 Å². The Morgan fingerprint density at radius 3 is 2.80 bits per heavy atom. The van der Waals surface area contributed by atoms with Crippen molar-refractivity contribution in [3.05, 3.63) is 42.4 Å². The number of nitrogens with one attached hydrogen (secondary N) is 1. The molecule has 0 radical (unpaired) electrons. The van der Waals surface area contributed by atoms with Crippen molar-refractivity contribution in [2.75, 3.05) is 18.0 Å². The van der Waals surface area contributed by atoms with Crippen molar-refractivity contribution < 1.29 is 18.3 Å². The molecule has 1 fully saturated rings. The highest BCUT2D eigenvalue weighted by Crippen LogP contribution is 2.35. The number of halogens is 1. The standard InChI is InChI=1S/C19H23FN2O3/c1-19(2,3)25-18(23)21-13-9-10-22(12-13)15-7-4-6-14(20)17(15)16-8-5-11-24-16/h4-8,11,13H,9-10,12H2,1-3H3,(H,21,23). The highest BCUT2D eigenvalue weighted by atomic mass is 19.1. The molecule has 1 aliphatic heterocycles. The molecular formula is C19H23FN2O3. The van der Waals surface area contributed by atoms with Crippen LogP contribution in [0.4, 0.5) is 14.9 Å². The molecule has 2 aromatic rings. The number of amides is 1. The first-order valence-electron chi connectivity index (χ1n) is 8.40. The van der Waals surface area contributed by atoms with E-state index in [1.807, 2.05) is 26.8 Å². The van der Waals surface area contributed by atoms with Gasteiger partial charge >= 0.3 is 6.09 Å². The van der Waals surface area contributed by atoms with Gasteiger partial charge in [-0.15, -0.1) is 0 Å². The zero-order valence-electron chi connectivity index (χ0n) is 14.7. The number of benzene rings is 1. The van der Waals surface area contributed by atoms with Crippen LogP contribution in [-0.2, 0) is 4.74 Å². The van der Waals surface area contributed by atoms with Crippen molar-refractivity contribution >= 4 is 11.8 Å². The quantitative estimate of drug-likeness (QED) is 0.905. The van der Waals surface area contributed by atoms with Gasteiger partial charge in [0.1, 0.15) is 17.2 Å². The Bertz CT molecular complexity index is 738. The Kier molecular flexibility index (Phi) is 4.70. The van der Waals surface area contributed by atoms with Gasteiger partial charge in [-0.1, -0.05) is 6.07 Å². The lowest BCUT2D eigenvalue weighted by Crippen LogP contribution is -2.40. The molecule has 0 saturated carbocycles. The lowest BCUT2D eigenvalue weighted by Gasteiger charge is -2.23. The monoisotopic (exact) mass is 346 g/mol. The number of furan rings is 1. The molecule has 25 heavy (non-hydrogen) atoms. The summed E-state index contributed by atoms with van der Waals surface area (Å²) in [4.78, 5) is 14.0. The fourth-order valence-electron chi connectivity index (χ4n) is 3.01. The summed E-state index contributed by atoms with van der Waals surface area (Å²) in [6.07, 6.45) is 1.88. The van der Waals surface area contributed by atoms with E-state index in [4.69, 9.17) is 9.15 Å². The minimum absolute atomic E-state index is 0.0393. The van der Waals surface area contributed by atoms with Crippen LogP contribution in [0.3, 0.4) is 0 Å². The number of rotatable bonds is 3. The van der Waals surface area contributed by atoms with Crippen LogP contribution >= 0.6 is 0 Å². The number of hydrogen-bond donors (Lipinski definition) is 1. The van der Waals surface area contributed by atoms with E-state index < -0.39 is 11.7 Å². The normalized spacial score (nSPS) is 17.6. The molecular weight excluding hydrogens is 323 g/mol. The van der Waals surface area contributed by atoms with Crippen LogP contribution in [0.5, 0.6) is 0 Å². The Labute approximate surface area is 146 Å². The first-order chi connectivity index (χ1) is 11.8. The Balaban J connectivity index is 1.73. The molecule has 5 nitrogen and oxygen atoms in total. The number of alkyl carbamates (subject to hydrolysis) is 1. The van der Waals surface area contributed by atoms with E-state index in [1.165, 1.54) is 12.3 Å². The summed E-state index contributed by atoms with van der Waals surface area (Å²) < 4.78 is 25.1. The average Bonchev–Trinajstić information content (AvgIpc) is 3.16. The summed E-state index contributed by atoms with van der Waals surface area (Å²) >= 11 is 0. The minimum Gasteiger partial charge on any atom is -0.464 e. The predicted molar refractivity (Wildman–Crippen MR) is 94.1 cm³/mol. The number of carbonyl (C=O) groups excluding carboxylic acids is 1. The van der Waals surface area contributed by atoms with E-state index in [2.05, 4.69) is 10.2 Å². The highest BCUT2D eigenvalue weighted by Gasteiger charge is 2.28. The van der Waals surface area contributed by atoms with Gasteiger partial charge in [-0.05, 0) is 51.5 Å². The minimum atomic E-state index is -0.530. The molecule has 1 saturated heterocycles. The molecule has 1 aromatic heterocycles. The molecule has 6 heteroatoms. The molecule has 1 N–H and O–H groups in total. The van der Waals surface area contributed by atoms with Crippen molar-refractivity contribution in [2.45, 2.75) is 38.8 Å². The van der Waals surface area contributed by atoms with Crippen LogP contribution in [0.1, 0.15) is 27.2 Å².